The number of aromatic hydroxyl groups is 1. The summed E-state index contributed by atoms with van der Waals surface area (Å²) >= 11 is 6.28. The van der Waals surface area contributed by atoms with Crippen LogP contribution >= 0.6 is 11.6 Å². The van der Waals surface area contributed by atoms with Gasteiger partial charge in [0.15, 0.2) is 0 Å². The Kier molecular flexibility index (Phi) is 5.10. The number of amides is 2. The fourth-order valence-electron chi connectivity index (χ4n) is 4.89. The van der Waals surface area contributed by atoms with Crippen molar-refractivity contribution in [3.05, 3.63) is 64.3 Å². The van der Waals surface area contributed by atoms with Gasteiger partial charge in [-0.05, 0) is 55.6 Å². The summed E-state index contributed by atoms with van der Waals surface area (Å²) in [5.41, 5.74) is 3.53. The monoisotopic (exact) mass is 452 g/mol. The lowest BCUT2D eigenvalue weighted by molar-refractivity contribution is -0.158. The second-order valence-corrected chi connectivity index (χ2v) is 9.23. The van der Waals surface area contributed by atoms with E-state index in [1.165, 1.54) is 0 Å². The summed E-state index contributed by atoms with van der Waals surface area (Å²) in [7, 11) is 3.89. The van der Waals surface area contributed by atoms with E-state index in [1.807, 2.05) is 43.3 Å². The Bertz CT molecular complexity index is 1220. The first-order valence-electron chi connectivity index (χ1n) is 10.7. The van der Waals surface area contributed by atoms with Crippen molar-refractivity contribution < 1.29 is 14.7 Å². The number of carbonyl (C=O) groups is 2. The van der Waals surface area contributed by atoms with Crippen LogP contribution in [0.15, 0.2) is 42.5 Å². The molecular formula is C24H25ClN4O3. The van der Waals surface area contributed by atoms with Crippen molar-refractivity contribution in [1.29, 1.82) is 0 Å². The first-order valence-corrected chi connectivity index (χ1v) is 11.0. The maximum absolute atomic E-state index is 13.5. The number of aromatic amines is 1. The summed E-state index contributed by atoms with van der Waals surface area (Å²) in [5, 5.41) is 11.7. The van der Waals surface area contributed by atoms with E-state index in [2.05, 4.69) is 4.98 Å². The van der Waals surface area contributed by atoms with Gasteiger partial charge in [-0.3, -0.25) is 9.59 Å². The molecule has 1 saturated heterocycles. The van der Waals surface area contributed by atoms with Crippen molar-refractivity contribution >= 4 is 34.3 Å². The van der Waals surface area contributed by atoms with Gasteiger partial charge in [-0.1, -0.05) is 23.7 Å². The molecular weight excluding hydrogens is 428 g/mol. The van der Waals surface area contributed by atoms with E-state index in [9.17, 15) is 14.7 Å². The summed E-state index contributed by atoms with van der Waals surface area (Å²) in [6.45, 7) is 1.25. The molecule has 0 bridgehead atoms. The number of nitrogens with zero attached hydrogens (tertiary/aromatic N) is 3. The smallest absolute Gasteiger partial charge is 0.246 e. The summed E-state index contributed by atoms with van der Waals surface area (Å²) in [5.74, 6) is -0.0172. The number of piperazine rings is 1. The average molecular weight is 453 g/mol. The number of H-pyrrole nitrogens is 1. The zero-order chi connectivity index (χ0) is 22.6. The number of halogens is 1. The van der Waals surface area contributed by atoms with Crippen LogP contribution in [-0.2, 0) is 16.0 Å². The van der Waals surface area contributed by atoms with Crippen LogP contribution in [0.25, 0.3) is 10.9 Å². The number of carbonyl (C=O) groups excluding carboxylic acids is 2. The molecule has 3 aromatic rings. The van der Waals surface area contributed by atoms with Gasteiger partial charge in [0.25, 0.3) is 0 Å². The highest BCUT2D eigenvalue weighted by molar-refractivity contribution is 6.31. The SMILES string of the molecule is CN(C)CCN1CC(=O)N2C(Cc3c([nH]c4ccc(Cl)cc34)C2c2cccc(O)c2)C1=O. The normalized spacial score (nSPS) is 20.8. The quantitative estimate of drug-likeness (QED) is 0.638. The van der Waals surface area contributed by atoms with Gasteiger partial charge >= 0.3 is 0 Å². The van der Waals surface area contributed by atoms with Crippen LogP contribution in [0.4, 0.5) is 0 Å². The van der Waals surface area contributed by atoms with Crippen LogP contribution < -0.4 is 0 Å². The predicted octanol–water partition coefficient (Wildman–Crippen LogP) is 2.77. The van der Waals surface area contributed by atoms with E-state index >= 15 is 0 Å². The minimum atomic E-state index is -0.601. The Morgan fingerprint density at radius 2 is 2.00 bits per heavy atom. The average Bonchev–Trinajstić information content (AvgIpc) is 3.11. The van der Waals surface area contributed by atoms with Crippen LogP contribution in [-0.4, -0.2) is 76.4 Å². The van der Waals surface area contributed by atoms with E-state index in [0.29, 0.717) is 24.5 Å². The number of nitrogens with one attached hydrogen (secondary N) is 1. The van der Waals surface area contributed by atoms with E-state index in [-0.39, 0.29) is 24.1 Å². The summed E-state index contributed by atoms with van der Waals surface area (Å²) in [6.07, 6.45) is 0.425. The first kappa shape index (κ1) is 20.8. The number of rotatable bonds is 4. The van der Waals surface area contributed by atoms with Gasteiger partial charge in [0.05, 0.1) is 12.6 Å². The Morgan fingerprint density at radius 3 is 2.75 bits per heavy atom. The molecule has 0 saturated carbocycles. The zero-order valence-electron chi connectivity index (χ0n) is 18.0. The van der Waals surface area contributed by atoms with Crippen LogP contribution in [0, 0.1) is 0 Å². The number of phenols is 1. The van der Waals surface area contributed by atoms with Gasteiger partial charge in [-0.2, -0.15) is 0 Å². The van der Waals surface area contributed by atoms with Crippen molar-refractivity contribution in [3.63, 3.8) is 0 Å². The number of likely N-dealkylation sites (N-methyl/N-ethyl adjacent to an activating group) is 1. The molecule has 0 spiro atoms. The number of hydrogen-bond donors (Lipinski definition) is 2. The molecule has 2 unspecified atom stereocenters. The largest absolute Gasteiger partial charge is 0.508 e. The van der Waals surface area contributed by atoms with Crippen LogP contribution in [0.1, 0.15) is 22.9 Å². The molecule has 7 nitrogen and oxygen atoms in total. The van der Waals surface area contributed by atoms with Gasteiger partial charge in [-0.25, -0.2) is 0 Å². The van der Waals surface area contributed by atoms with Crippen molar-refractivity contribution in [2.24, 2.45) is 0 Å². The molecule has 2 aromatic carbocycles. The van der Waals surface area contributed by atoms with Gasteiger partial charge in [0, 0.05) is 41.1 Å². The van der Waals surface area contributed by atoms with Crippen molar-refractivity contribution in [1.82, 2.24) is 19.7 Å². The standard InChI is InChI=1S/C24H25ClN4O3/c1-27(2)8-9-28-13-21(31)29-20(24(28)32)12-18-17-11-15(25)6-7-19(17)26-22(18)23(29)14-4-3-5-16(30)10-14/h3-7,10-11,20,23,26,30H,8-9,12-13H2,1-2H3. The highest BCUT2D eigenvalue weighted by Gasteiger charge is 2.48. The number of benzene rings is 2. The second-order valence-electron chi connectivity index (χ2n) is 8.79. The van der Waals surface area contributed by atoms with Gasteiger partial charge in [0.2, 0.25) is 11.8 Å². The third-order valence-corrected chi connectivity index (χ3v) is 6.64. The first-order chi connectivity index (χ1) is 15.3. The van der Waals surface area contributed by atoms with E-state index in [1.54, 1.807) is 28.0 Å². The molecule has 2 aliphatic heterocycles. The predicted molar refractivity (Wildman–Crippen MR) is 123 cm³/mol. The Labute approximate surface area is 191 Å². The fourth-order valence-corrected chi connectivity index (χ4v) is 5.07. The summed E-state index contributed by atoms with van der Waals surface area (Å²) < 4.78 is 0. The topological polar surface area (TPSA) is 79.9 Å². The Balaban J connectivity index is 1.65. The minimum absolute atomic E-state index is 0.0429. The lowest BCUT2D eigenvalue weighted by atomic mass is 9.86. The lowest BCUT2D eigenvalue weighted by Gasteiger charge is -2.47. The third kappa shape index (κ3) is 3.42. The minimum Gasteiger partial charge on any atom is -0.508 e. The molecule has 0 aliphatic carbocycles. The number of aromatic nitrogens is 1. The van der Waals surface area contributed by atoms with Crippen LogP contribution in [0.5, 0.6) is 5.75 Å². The van der Waals surface area contributed by atoms with E-state index in [0.717, 1.165) is 27.7 Å². The van der Waals surface area contributed by atoms with E-state index in [4.69, 9.17) is 11.6 Å². The van der Waals surface area contributed by atoms with Crippen LogP contribution in [0.2, 0.25) is 5.02 Å². The zero-order valence-corrected chi connectivity index (χ0v) is 18.8. The number of phenolic OH excluding ortho intramolecular Hbond substituents is 1. The molecule has 2 aliphatic rings. The van der Waals surface area contributed by atoms with Gasteiger partial charge < -0.3 is 24.8 Å². The molecule has 0 radical (unpaired) electrons. The fraction of sp³-hybridized carbons (Fsp3) is 0.333. The number of fused-ring (bicyclic) bond motifs is 4. The van der Waals surface area contributed by atoms with Crippen molar-refractivity contribution in [3.8, 4) is 5.75 Å². The van der Waals surface area contributed by atoms with E-state index < -0.39 is 12.1 Å². The Morgan fingerprint density at radius 1 is 1.19 bits per heavy atom. The van der Waals surface area contributed by atoms with Crippen molar-refractivity contribution in [2.75, 3.05) is 33.7 Å². The highest BCUT2D eigenvalue weighted by atomic mass is 35.5. The third-order valence-electron chi connectivity index (χ3n) is 6.40. The molecule has 8 heteroatoms. The van der Waals surface area contributed by atoms with Crippen molar-refractivity contribution in [2.45, 2.75) is 18.5 Å². The van der Waals surface area contributed by atoms with Crippen LogP contribution in [0.3, 0.4) is 0 Å². The second kappa shape index (κ2) is 7.83. The molecule has 3 heterocycles. The molecule has 166 valence electrons. The molecule has 2 N–H and O–H groups in total. The molecule has 1 fully saturated rings. The summed E-state index contributed by atoms with van der Waals surface area (Å²) in [6, 6.07) is 11.4. The maximum atomic E-state index is 13.5. The number of hydrogen-bond acceptors (Lipinski definition) is 4. The highest BCUT2D eigenvalue weighted by Crippen LogP contribution is 2.43. The summed E-state index contributed by atoms with van der Waals surface area (Å²) in [4.78, 5) is 35.7. The Hall–Kier alpha value is -3.03. The van der Waals surface area contributed by atoms with Gasteiger partial charge in [-0.15, -0.1) is 0 Å². The molecule has 2 amide bonds. The molecule has 32 heavy (non-hydrogen) atoms. The molecule has 5 rings (SSSR count). The lowest BCUT2D eigenvalue weighted by Crippen LogP contribution is -2.63. The van der Waals surface area contributed by atoms with Gasteiger partial charge in [0.1, 0.15) is 11.8 Å². The maximum Gasteiger partial charge on any atom is 0.246 e. The molecule has 1 aromatic heterocycles. The molecule has 2 atom stereocenters.